The van der Waals surface area contributed by atoms with Crippen molar-refractivity contribution in [2.24, 2.45) is 23.5 Å². The van der Waals surface area contributed by atoms with Gasteiger partial charge in [0.25, 0.3) is 0 Å². The lowest BCUT2D eigenvalue weighted by atomic mass is 9.65. The van der Waals surface area contributed by atoms with Crippen molar-refractivity contribution in [1.29, 1.82) is 0 Å². The summed E-state index contributed by atoms with van der Waals surface area (Å²) in [5.41, 5.74) is 6.31. The highest BCUT2D eigenvalue weighted by atomic mass is 32.2. The first-order chi connectivity index (χ1) is 11.4. The summed E-state index contributed by atoms with van der Waals surface area (Å²) in [5.74, 6) is 1.41. The molecule has 3 aliphatic rings. The second kappa shape index (κ2) is 7.30. The van der Waals surface area contributed by atoms with Gasteiger partial charge in [0.05, 0.1) is 5.75 Å². The van der Waals surface area contributed by atoms with Crippen molar-refractivity contribution in [2.75, 3.05) is 18.8 Å². The largest absolute Gasteiger partial charge is 0.353 e. The SMILES string of the molecule is CCS(=O)(=O)N1CCC(NC(=O)C2CC3CCCC(C2)C3N)CC1. The Morgan fingerprint density at radius 3 is 2.25 bits per heavy atom. The average Bonchev–Trinajstić information content (AvgIpc) is 2.55. The predicted molar refractivity (Wildman–Crippen MR) is 93.7 cm³/mol. The molecule has 1 heterocycles. The molecule has 0 aromatic heterocycles. The molecule has 7 heteroatoms. The third-order valence-electron chi connectivity index (χ3n) is 6.34. The summed E-state index contributed by atoms with van der Waals surface area (Å²) in [6.45, 7) is 2.71. The lowest BCUT2D eigenvalue weighted by Crippen LogP contribution is -2.52. The van der Waals surface area contributed by atoms with E-state index in [-0.39, 0.29) is 29.7 Å². The van der Waals surface area contributed by atoms with Crippen molar-refractivity contribution in [3.05, 3.63) is 0 Å². The van der Waals surface area contributed by atoms with E-state index in [1.54, 1.807) is 11.2 Å². The molecule has 0 aromatic carbocycles. The van der Waals surface area contributed by atoms with E-state index in [1.165, 1.54) is 6.42 Å². The summed E-state index contributed by atoms with van der Waals surface area (Å²) in [5, 5.41) is 3.18. The van der Waals surface area contributed by atoms with Gasteiger partial charge in [-0.25, -0.2) is 12.7 Å². The van der Waals surface area contributed by atoms with E-state index in [9.17, 15) is 13.2 Å². The maximum atomic E-state index is 12.7. The van der Waals surface area contributed by atoms with Crippen molar-refractivity contribution in [2.45, 2.75) is 64.0 Å². The predicted octanol–water partition coefficient (Wildman–Crippen LogP) is 1.07. The Bertz CT molecular complexity index is 543. The number of nitrogens with two attached hydrogens (primary N) is 1. The Hall–Kier alpha value is -0.660. The summed E-state index contributed by atoms with van der Waals surface area (Å²) in [4.78, 5) is 12.7. The van der Waals surface area contributed by atoms with Gasteiger partial charge in [-0.15, -0.1) is 0 Å². The van der Waals surface area contributed by atoms with Gasteiger partial charge >= 0.3 is 0 Å². The minimum absolute atomic E-state index is 0.0949. The van der Waals surface area contributed by atoms with Gasteiger partial charge in [0, 0.05) is 31.1 Å². The fourth-order valence-corrected chi connectivity index (χ4v) is 5.92. The molecule has 2 bridgehead atoms. The molecular weight excluding hydrogens is 326 g/mol. The Morgan fingerprint density at radius 1 is 1.12 bits per heavy atom. The minimum Gasteiger partial charge on any atom is -0.353 e. The zero-order chi connectivity index (χ0) is 17.3. The minimum atomic E-state index is -3.10. The molecule has 2 aliphatic carbocycles. The van der Waals surface area contributed by atoms with Crippen molar-refractivity contribution in [3.8, 4) is 0 Å². The summed E-state index contributed by atoms with van der Waals surface area (Å²) in [6, 6.07) is 0.390. The Balaban J connectivity index is 1.50. The first-order valence-electron chi connectivity index (χ1n) is 9.44. The quantitative estimate of drug-likeness (QED) is 0.787. The lowest BCUT2D eigenvalue weighted by molar-refractivity contribution is -0.128. The van der Waals surface area contributed by atoms with E-state index >= 15 is 0 Å². The second-order valence-corrected chi connectivity index (χ2v) is 10.0. The number of hydrogen-bond donors (Lipinski definition) is 2. The van der Waals surface area contributed by atoms with Gasteiger partial charge in [0.1, 0.15) is 0 Å². The van der Waals surface area contributed by atoms with Gasteiger partial charge in [-0.2, -0.15) is 0 Å². The van der Waals surface area contributed by atoms with Gasteiger partial charge < -0.3 is 11.1 Å². The van der Waals surface area contributed by atoms with Crippen molar-refractivity contribution in [1.82, 2.24) is 9.62 Å². The highest BCUT2D eigenvalue weighted by Crippen LogP contribution is 2.42. The third-order valence-corrected chi connectivity index (χ3v) is 8.22. The third kappa shape index (κ3) is 3.78. The van der Waals surface area contributed by atoms with Gasteiger partial charge in [0.15, 0.2) is 0 Å². The van der Waals surface area contributed by atoms with E-state index in [4.69, 9.17) is 5.73 Å². The number of nitrogens with zero attached hydrogens (tertiary/aromatic N) is 1. The Morgan fingerprint density at radius 2 is 1.71 bits per heavy atom. The molecule has 3 N–H and O–H groups in total. The first kappa shape index (κ1) is 18.1. The van der Waals surface area contributed by atoms with E-state index in [0.717, 1.165) is 25.7 Å². The molecule has 3 fully saturated rings. The normalized spacial score (nSPS) is 35.6. The number of piperidine rings is 1. The van der Waals surface area contributed by atoms with E-state index in [2.05, 4.69) is 5.32 Å². The number of nitrogens with one attached hydrogen (secondary N) is 1. The van der Waals surface area contributed by atoms with Gasteiger partial charge in [-0.05, 0) is 57.3 Å². The van der Waals surface area contributed by atoms with Gasteiger partial charge in [-0.3, -0.25) is 4.79 Å². The van der Waals surface area contributed by atoms with Gasteiger partial charge in [0.2, 0.25) is 15.9 Å². The molecule has 3 rings (SSSR count). The number of carbonyl (C=O) groups excluding carboxylic acids is 1. The van der Waals surface area contributed by atoms with Gasteiger partial charge in [-0.1, -0.05) is 6.42 Å². The number of fused-ring (bicyclic) bond motifs is 2. The molecule has 0 radical (unpaired) electrons. The Kier molecular flexibility index (Phi) is 5.52. The van der Waals surface area contributed by atoms with Crippen LogP contribution < -0.4 is 11.1 Å². The van der Waals surface area contributed by atoms with Crippen LogP contribution in [0.2, 0.25) is 0 Å². The van der Waals surface area contributed by atoms with Crippen LogP contribution in [0.1, 0.15) is 51.9 Å². The number of amides is 1. The van der Waals surface area contributed by atoms with E-state index < -0.39 is 10.0 Å². The maximum absolute atomic E-state index is 12.7. The molecule has 138 valence electrons. The number of hydrogen-bond acceptors (Lipinski definition) is 4. The standard InChI is InChI=1S/C17H31N3O3S/c1-2-24(22,23)20-8-6-15(7-9-20)19-17(21)14-10-12-4-3-5-13(11-14)16(12)18/h12-16H,2-11,18H2,1H3,(H,19,21). The Labute approximate surface area is 145 Å². The molecular formula is C17H31N3O3S. The summed E-state index contributed by atoms with van der Waals surface area (Å²) < 4.78 is 25.4. The summed E-state index contributed by atoms with van der Waals surface area (Å²) in [6.07, 6.45) is 6.85. The molecule has 0 aromatic rings. The van der Waals surface area contributed by atoms with Crippen LogP contribution in [0.3, 0.4) is 0 Å². The number of carbonyl (C=O) groups is 1. The topological polar surface area (TPSA) is 92.5 Å². The number of rotatable bonds is 4. The molecule has 6 nitrogen and oxygen atoms in total. The monoisotopic (exact) mass is 357 g/mol. The van der Waals surface area contributed by atoms with Crippen molar-refractivity contribution < 1.29 is 13.2 Å². The molecule has 2 atom stereocenters. The molecule has 24 heavy (non-hydrogen) atoms. The van der Waals surface area contributed by atoms with Crippen LogP contribution in [0, 0.1) is 17.8 Å². The lowest BCUT2D eigenvalue weighted by Gasteiger charge is -2.44. The zero-order valence-corrected chi connectivity index (χ0v) is 15.4. The maximum Gasteiger partial charge on any atom is 0.223 e. The summed E-state index contributed by atoms with van der Waals surface area (Å²) in [7, 11) is -3.10. The van der Waals surface area contributed by atoms with E-state index in [0.29, 0.717) is 37.8 Å². The number of sulfonamides is 1. The molecule has 2 saturated carbocycles. The molecule has 2 unspecified atom stereocenters. The second-order valence-electron chi connectivity index (χ2n) is 7.78. The fourth-order valence-electron chi connectivity index (χ4n) is 4.78. The molecule has 1 saturated heterocycles. The van der Waals surface area contributed by atoms with E-state index in [1.807, 2.05) is 0 Å². The van der Waals surface area contributed by atoms with Crippen LogP contribution in [0.25, 0.3) is 0 Å². The van der Waals surface area contributed by atoms with Crippen LogP contribution in [-0.4, -0.2) is 49.6 Å². The highest BCUT2D eigenvalue weighted by molar-refractivity contribution is 7.89. The molecule has 1 amide bonds. The van der Waals surface area contributed by atoms with Crippen LogP contribution in [-0.2, 0) is 14.8 Å². The van der Waals surface area contributed by atoms with Crippen LogP contribution >= 0.6 is 0 Å². The van der Waals surface area contributed by atoms with Crippen LogP contribution in [0.5, 0.6) is 0 Å². The zero-order valence-electron chi connectivity index (χ0n) is 14.6. The first-order valence-corrected chi connectivity index (χ1v) is 11.1. The van der Waals surface area contributed by atoms with Crippen LogP contribution in [0.15, 0.2) is 0 Å². The average molecular weight is 358 g/mol. The van der Waals surface area contributed by atoms with Crippen molar-refractivity contribution in [3.63, 3.8) is 0 Å². The highest BCUT2D eigenvalue weighted by Gasteiger charge is 2.41. The molecule has 0 spiro atoms. The smallest absolute Gasteiger partial charge is 0.223 e. The summed E-state index contributed by atoms with van der Waals surface area (Å²) >= 11 is 0. The molecule has 1 aliphatic heterocycles. The fraction of sp³-hybridized carbons (Fsp3) is 0.941. The van der Waals surface area contributed by atoms with Crippen molar-refractivity contribution >= 4 is 15.9 Å². The van der Waals surface area contributed by atoms with Crippen LogP contribution in [0.4, 0.5) is 0 Å².